The van der Waals surface area contributed by atoms with Gasteiger partial charge in [0.25, 0.3) is 0 Å². The predicted molar refractivity (Wildman–Crippen MR) is 105 cm³/mol. The Morgan fingerprint density at radius 1 is 1.15 bits per heavy atom. The van der Waals surface area contributed by atoms with E-state index in [4.69, 9.17) is 5.10 Å². The molecule has 0 bridgehead atoms. The Morgan fingerprint density at radius 2 is 1.81 bits per heavy atom. The van der Waals surface area contributed by atoms with Crippen LogP contribution in [0.3, 0.4) is 0 Å². The van der Waals surface area contributed by atoms with Crippen LogP contribution < -0.4 is 5.32 Å². The Kier molecular flexibility index (Phi) is 5.01. The first-order valence-corrected chi connectivity index (χ1v) is 9.57. The van der Waals surface area contributed by atoms with Crippen LogP contribution in [0.4, 0.5) is 10.6 Å². The van der Waals surface area contributed by atoms with Crippen LogP contribution in [0.25, 0.3) is 0 Å². The molecule has 0 aromatic carbocycles. The van der Waals surface area contributed by atoms with Gasteiger partial charge in [0.15, 0.2) is 0 Å². The van der Waals surface area contributed by atoms with Gasteiger partial charge in [0.05, 0.1) is 17.3 Å². The number of rotatable bonds is 2. The van der Waals surface area contributed by atoms with Gasteiger partial charge in [0.1, 0.15) is 18.5 Å². The Bertz CT molecular complexity index is 772. The van der Waals surface area contributed by atoms with E-state index >= 15 is 0 Å². The summed E-state index contributed by atoms with van der Waals surface area (Å²) >= 11 is 0. The number of nitrogens with one attached hydrogen (secondary N) is 1. The maximum Gasteiger partial charge on any atom is 0.323 e. The first-order chi connectivity index (χ1) is 12.6. The maximum absolute atomic E-state index is 12.8. The Hall–Kier alpha value is -2.38. The van der Waals surface area contributed by atoms with Crippen molar-refractivity contribution in [3.05, 3.63) is 24.4 Å². The highest BCUT2D eigenvalue weighted by molar-refractivity contribution is 5.88. The van der Waals surface area contributed by atoms with Crippen LogP contribution in [-0.4, -0.2) is 48.6 Å². The molecular formula is C19H31N7O. The molecule has 0 radical (unpaired) electrons. The van der Waals surface area contributed by atoms with Crippen LogP contribution in [-0.2, 0) is 11.0 Å². The molecule has 8 heteroatoms. The number of aromatic nitrogens is 5. The highest BCUT2D eigenvalue weighted by Crippen LogP contribution is 2.29. The first-order valence-electron chi connectivity index (χ1n) is 9.57. The van der Waals surface area contributed by atoms with E-state index in [-0.39, 0.29) is 17.0 Å². The molecule has 1 saturated heterocycles. The molecule has 3 heterocycles. The van der Waals surface area contributed by atoms with Crippen molar-refractivity contribution in [2.45, 2.75) is 71.4 Å². The number of hydrogen-bond donors (Lipinski definition) is 1. The molecule has 0 aliphatic carbocycles. The molecule has 8 nitrogen and oxygen atoms in total. The van der Waals surface area contributed by atoms with E-state index in [0.717, 1.165) is 24.4 Å². The molecule has 1 fully saturated rings. The van der Waals surface area contributed by atoms with Crippen LogP contribution >= 0.6 is 0 Å². The molecule has 2 aromatic heterocycles. The molecule has 1 aliphatic rings. The summed E-state index contributed by atoms with van der Waals surface area (Å²) in [4.78, 5) is 18.7. The summed E-state index contributed by atoms with van der Waals surface area (Å²) in [6.07, 6.45) is 5.06. The first kappa shape index (κ1) is 19.4. The smallest absolute Gasteiger partial charge is 0.323 e. The van der Waals surface area contributed by atoms with E-state index in [1.54, 1.807) is 12.7 Å². The third kappa shape index (κ3) is 4.31. The lowest BCUT2D eigenvalue weighted by atomic mass is 9.92. The lowest BCUT2D eigenvalue weighted by Crippen LogP contribution is -2.42. The number of carbonyl (C=O) groups excluding carboxylic acids is 1. The largest absolute Gasteiger partial charge is 0.324 e. The summed E-state index contributed by atoms with van der Waals surface area (Å²) < 4.78 is 3.80. The number of nitrogens with zero attached hydrogens (tertiary/aromatic N) is 6. The Labute approximate surface area is 160 Å². The van der Waals surface area contributed by atoms with Crippen LogP contribution in [0.15, 0.2) is 18.7 Å². The third-order valence-corrected chi connectivity index (χ3v) is 4.91. The number of piperidine rings is 1. The number of likely N-dealkylation sites (tertiary alicyclic amines) is 1. The minimum atomic E-state index is -0.216. The molecule has 0 atom stereocenters. The minimum Gasteiger partial charge on any atom is -0.324 e. The summed E-state index contributed by atoms with van der Waals surface area (Å²) in [5.41, 5.74) is 0.677. The maximum atomic E-state index is 12.8. The van der Waals surface area contributed by atoms with Gasteiger partial charge in [-0.05, 0) is 33.6 Å². The van der Waals surface area contributed by atoms with E-state index < -0.39 is 0 Å². The van der Waals surface area contributed by atoms with E-state index in [2.05, 4.69) is 56.9 Å². The van der Waals surface area contributed by atoms with Gasteiger partial charge in [-0.3, -0.25) is 5.32 Å². The van der Waals surface area contributed by atoms with Gasteiger partial charge in [0, 0.05) is 24.6 Å². The summed E-state index contributed by atoms with van der Waals surface area (Å²) in [7, 11) is 0. The summed E-state index contributed by atoms with van der Waals surface area (Å²) in [5, 5.41) is 12.1. The third-order valence-electron chi connectivity index (χ3n) is 4.91. The van der Waals surface area contributed by atoms with E-state index in [1.807, 2.05) is 20.3 Å². The number of urea groups is 1. The zero-order chi connectivity index (χ0) is 19.8. The van der Waals surface area contributed by atoms with E-state index in [9.17, 15) is 4.79 Å². The van der Waals surface area contributed by atoms with Crippen molar-refractivity contribution in [3.63, 3.8) is 0 Å². The lowest BCUT2D eigenvalue weighted by Gasteiger charge is -2.32. The van der Waals surface area contributed by atoms with Gasteiger partial charge in [-0.15, -0.1) is 0 Å². The van der Waals surface area contributed by atoms with Gasteiger partial charge in [-0.1, -0.05) is 20.8 Å². The average molecular weight is 374 g/mol. The fourth-order valence-electron chi connectivity index (χ4n) is 3.28. The zero-order valence-corrected chi connectivity index (χ0v) is 17.2. The lowest BCUT2D eigenvalue weighted by molar-refractivity contribution is 0.180. The summed E-state index contributed by atoms with van der Waals surface area (Å²) in [5.74, 6) is 0.746. The van der Waals surface area contributed by atoms with Gasteiger partial charge >= 0.3 is 6.03 Å². The topological polar surface area (TPSA) is 80.9 Å². The number of hydrogen-bond acceptors (Lipinski definition) is 4. The second-order valence-corrected chi connectivity index (χ2v) is 9.27. The quantitative estimate of drug-likeness (QED) is 0.875. The van der Waals surface area contributed by atoms with Crippen molar-refractivity contribution in [2.24, 2.45) is 0 Å². The van der Waals surface area contributed by atoms with Crippen molar-refractivity contribution in [1.82, 2.24) is 29.4 Å². The summed E-state index contributed by atoms with van der Waals surface area (Å²) in [6, 6.07) is 2.23. The Balaban J connectivity index is 1.70. The van der Waals surface area contributed by atoms with Crippen LogP contribution in [0, 0.1) is 0 Å². The molecule has 2 aromatic rings. The molecule has 0 unspecified atom stereocenters. The summed E-state index contributed by atoms with van der Waals surface area (Å²) in [6.45, 7) is 14.1. The second kappa shape index (κ2) is 6.98. The molecule has 0 spiro atoms. The fraction of sp³-hybridized carbons (Fsp3) is 0.684. The highest BCUT2D eigenvalue weighted by Gasteiger charge is 2.28. The van der Waals surface area contributed by atoms with Gasteiger partial charge in [-0.25, -0.2) is 19.1 Å². The molecule has 1 aliphatic heterocycles. The highest BCUT2D eigenvalue weighted by atomic mass is 16.2. The fourth-order valence-corrected chi connectivity index (χ4v) is 3.28. The number of carbonyl (C=O) groups is 1. The minimum absolute atomic E-state index is 0.0714. The monoisotopic (exact) mass is 373 g/mol. The van der Waals surface area contributed by atoms with Crippen molar-refractivity contribution in [3.8, 4) is 0 Å². The van der Waals surface area contributed by atoms with Crippen molar-refractivity contribution >= 4 is 11.8 Å². The van der Waals surface area contributed by atoms with E-state index in [0.29, 0.717) is 19.1 Å². The molecule has 148 valence electrons. The molecule has 2 amide bonds. The zero-order valence-electron chi connectivity index (χ0n) is 17.2. The van der Waals surface area contributed by atoms with E-state index in [1.165, 1.54) is 0 Å². The van der Waals surface area contributed by atoms with Gasteiger partial charge < -0.3 is 4.90 Å². The molecule has 3 rings (SSSR count). The van der Waals surface area contributed by atoms with Crippen molar-refractivity contribution in [2.75, 3.05) is 18.4 Å². The van der Waals surface area contributed by atoms with Crippen LogP contribution in [0.1, 0.15) is 66.1 Å². The van der Waals surface area contributed by atoms with Gasteiger partial charge in [0.2, 0.25) is 0 Å². The Morgan fingerprint density at radius 3 is 2.33 bits per heavy atom. The SMILES string of the molecule is CC(C)(C)c1cc(NC(=O)N2CCC(n3cncn3)CC2)n(C(C)(C)C)n1. The molecular weight excluding hydrogens is 342 g/mol. The van der Waals surface area contributed by atoms with Crippen LogP contribution in [0.2, 0.25) is 0 Å². The molecule has 27 heavy (non-hydrogen) atoms. The molecule has 1 N–H and O–H groups in total. The van der Waals surface area contributed by atoms with Gasteiger partial charge in [-0.2, -0.15) is 10.2 Å². The standard InChI is InChI=1S/C19H31N7O/c1-18(2,3)15-11-16(26(23-15)19(4,5)6)22-17(27)24-9-7-14(8-10-24)25-13-20-12-21-25/h11-14H,7-10H2,1-6H3,(H,22,27). The normalized spacial score (nSPS) is 16.6. The average Bonchev–Trinajstić information content (AvgIpc) is 3.23. The van der Waals surface area contributed by atoms with Crippen molar-refractivity contribution < 1.29 is 4.79 Å². The number of amides is 2. The molecule has 0 saturated carbocycles. The van der Waals surface area contributed by atoms with Crippen LogP contribution in [0.5, 0.6) is 0 Å². The predicted octanol–water partition coefficient (Wildman–Crippen LogP) is 3.40. The second-order valence-electron chi connectivity index (χ2n) is 9.27. The van der Waals surface area contributed by atoms with Crippen molar-refractivity contribution in [1.29, 1.82) is 0 Å². The number of anilines is 1.